The summed E-state index contributed by atoms with van der Waals surface area (Å²) in [6, 6.07) is 6.95. The van der Waals surface area contributed by atoms with Crippen molar-refractivity contribution in [1.82, 2.24) is 4.90 Å². The third kappa shape index (κ3) is 1.82. The van der Waals surface area contributed by atoms with Gasteiger partial charge in [0.25, 0.3) is 5.91 Å². The van der Waals surface area contributed by atoms with Gasteiger partial charge in [-0.3, -0.25) is 4.79 Å². The Labute approximate surface area is 104 Å². The molecule has 2 heterocycles. The zero-order chi connectivity index (χ0) is 12.7. The van der Waals surface area contributed by atoms with Gasteiger partial charge in [-0.25, -0.2) is 0 Å². The van der Waals surface area contributed by atoms with E-state index in [2.05, 4.69) is 0 Å². The fourth-order valence-corrected chi connectivity index (χ4v) is 2.25. The normalized spacial score (nSPS) is 19.6. The average molecular weight is 246 g/mol. The van der Waals surface area contributed by atoms with E-state index in [9.17, 15) is 9.90 Å². The van der Waals surface area contributed by atoms with Gasteiger partial charge in [0.2, 0.25) is 0 Å². The SMILES string of the molecule is Nc1ccc2oc(C(=O)N3CC[C@@H](O)C3)cc2c1. The lowest BCUT2D eigenvalue weighted by Gasteiger charge is -2.12. The maximum absolute atomic E-state index is 12.1. The van der Waals surface area contributed by atoms with Gasteiger partial charge in [0.1, 0.15) is 5.58 Å². The number of nitrogen functional groups attached to an aromatic ring is 1. The van der Waals surface area contributed by atoms with E-state index in [1.54, 1.807) is 29.2 Å². The van der Waals surface area contributed by atoms with Gasteiger partial charge in [0.15, 0.2) is 5.76 Å². The standard InChI is InChI=1S/C13H14N2O3/c14-9-1-2-11-8(5-9)6-12(18-11)13(17)15-4-3-10(16)7-15/h1-2,5-6,10,16H,3-4,7,14H2/t10-/m1/s1. The number of carbonyl (C=O) groups excluding carboxylic acids is 1. The van der Waals surface area contributed by atoms with Crippen LogP contribution in [0.25, 0.3) is 11.0 Å². The van der Waals surface area contributed by atoms with Gasteiger partial charge in [-0.2, -0.15) is 0 Å². The zero-order valence-corrected chi connectivity index (χ0v) is 9.80. The smallest absolute Gasteiger partial charge is 0.289 e. The largest absolute Gasteiger partial charge is 0.451 e. The van der Waals surface area contributed by atoms with Crippen molar-refractivity contribution in [3.8, 4) is 0 Å². The van der Waals surface area contributed by atoms with Crippen molar-refractivity contribution >= 4 is 22.6 Å². The van der Waals surface area contributed by atoms with Crippen LogP contribution >= 0.6 is 0 Å². The summed E-state index contributed by atoms with van der Waals surface area (Å²) in [5.74, 6) is 0.117. The first-order valence-electron chi connectivity index (χ1n) is 5.90. The molecule has 1 amide bonds. The molecule has 0 spiro atoms. The van der Waals surface area contributed by atoms with E-state index in [-0.39, 0.29) is 5.91 Å². The van der Waals surface area contributed by atoms with Crippen LogP contribution in [-0.4, -0.2) is 35.1 Å². The minimum absolute atomic E-state index is 0.179. The van der Waals surface area contributed by atoms with Gasteiger partial charge in [-0.15, -0.1) is 0 Å². The number of aliphatic hydroxyl groups is 1. The number of nitrogens with two attached hydrogens (primary N) is 1. The Morgan fingerprint density at radius 2 is 2.28 bits per heavy atom. The van der Waals surface area contributed by atoms with Crippen molar-refractivity contribution in [2.45, 2.75) is 12.5 Å². The van der Waals surface area contributed by atoms with Crippen LogP contribution in [0, 0.1) is 0 Å². The first-order valence-corrected chi connectivity index (χ1v) is 5.90. The third-order valence-corrected chi connectivity index (χ3v) is 3.20. The summed E-state index contributed by atoms with van der Waals surface area (Å²) in [6.45, 7) is 0.942. The molecule has 1 aliphatic heterocycles. The number of rotatable bonds is 1. The van der Waals surface area contributed by atoms with Crippen molar-refractivity contribution in [2.24, 2.45) is 0 Å². The molecule has 18 heavy (non-hydrogen) atoms. The Balaban J connectivity index is 1.92. The van der Waals surface area contributed by atoms with Crippen molar-refractivity contribution < 1.29 is 14.3 Å². The second-order valence-corrected chi connectivity index (χ2v) is 4.60. The number of anilines is 1. The number of benzene rings is 1. The molecule has 5 nitrogen and oxygen atoms in total. The molecule has 2 aromatic rings. The van der Waals surface area contributed by atoms with Crippen LogP contribution in [-0.2, 0) is 0 Å². The maximum atomic E-state index is 12.1. The Morgan fingerprint density at radius 1 is 1.44 bits per heavy atom. The second-order valence-electron chi connectivity index (χ2n) is 4.60. The molecule has 1 atom stereocenters. The monoisotopic (exact) mass is 246 g/mol. The van der Waals surface area contributed by atoms with Crippen LogP contribution in [0.15, 0.2) is 28.7 Å². The second kappa shape index (κ2) is 4.03. The van der Waals surface area contributed by atoms with E-state index in [0.717, 1.165) is 5.39 Å². The number of amides is 1. The quantitative estimate of drug-likeness (QED) is 0.741. The number of likely N-dealkylation sites (tertiary alicyclic amines) is 1. The van der Waals surface area contributed by atoms with Gasteiger partial charge in [-0.1, -0.05) is 0 Å². The topological polar surface area (TPSA) is 79.7 Å². The minimum atomic E-state index is -0.422. The predicted molar refractivity (Wildman–Crippen MR) is 67.2 cm³/mol. The van der Waals surface area contributed by atoms with Crippen LogP contribution in [0.2, 0.25) is 0 Å². The number of carbonyl (C=O) groups is 1. The third-order valence-electron chi connectivity index (χ3n) is 3.20. The summed E-state index contributed by atoms with van der Waals surface area (Å²) >= 11 is 0. The molecule has 1 fully saturated rings. The molecule has 0 bridgehead atoms. The van der Waals surface area contributed by atoms with Crippen molar-refractivity contribution in [3.05, 3.63) is 30.0 Å². The Bertz CT molecular complexity index is 605. The molecule has 3 rings (SSSR count). The van der Waals surface area contributed by atoms with E-state index < -0.39 is 6.10 Å². The van der Waals surface area contributed by atoms with Crippen LogP contribution in [0.3, 0.4) is 0 Å². The van der Waals surface area contributed by atoms with Crippen LogP contribution < -0.4 is 5.73 Å². The van der Waals surface area contributed by atoms with Crippen molar-refractivity contribution in [1.29, 1.82) is 0 Å². The lowest BCUT2D eigenvalue weighted by Crippen LogP contribution is -2.29. The first kappa shape index (κ1) is 11.1. The Hall–Kier alpha value is -2.01. The van der Waals surface area contributed by atoms with Gasteiger partial charge >= 0.3 is 0 Å². The maximum Gasteiger partial charge on any atom is 0.289 e. The summed E-state index contributed by atoms with van der Waals surface area (Å²) in [6.07, 6.45) is 0.202. The summed E-state index contributed by atoms with van der Waals surface area (Å²) in [5, 5.41) is 10.2. The molecule has 0 aliphatic carbocycles. The van der Waals surface area contributed by atoms with Crippen LogP contribution in [0.1, 0.15) is 17.0 Å². The minimum Gasteiger partial charge on any atom is -0.451 e. The van der Waals surface area contributed by atoms with E-state index >= 15 is 0 Å². The number of nitrogens with zero attached hydrogens (tertiary/aromatic N) is 1. The number of hydrogen-bond acceptors (Lipinski definition) is 4. The summed E-state index contributed by atoms with van der Waals surface area (Å²) in [7, 11) is 0. The van der Waals surface area contributed by atoms with Gasteiger partial charge in [-0.05, 0) is 30.7 Å². The molecule has 0 saturated carbocycles. The molecule has 0 unspecified atom stereocenters. The van der Waals surface area contributed by atoms with E-state index in [1.807, 2.05) is 0 Å². The number of fused-ring (bicyclic) bond motifs is 1. The molecule has 1 aromatic heterocycles. The molecule has 1 aliphatic rings. The van der Waals surface area contributed by atoms with Gasteiger partial charge in [0, 0.05) is 24.2 Å². The lowest BCUT2D eigenvalue weighted by atomic mass is 10.2. The molecule has 94 valence electrons. The van der Waals surface area contributed by atoms with Crippen LogP contribution in [0.4, 0.5) is 5.69 Å². The molecular formula is C13H14N2O3. The number of β-amino-alcohol motifs (C(OH)–C–C–N with tert-alkyl or cyclic N) is 1. The fourth-order valence-electron chi connectivity index (χ4n) is 2.25. The summed E-state index contributed by atoms with van der Waals surface area (Å²) in [4.78, 5) is 13.7. The first-order chi connectivity index (χ1) is 8.63. The number of furan rings is 1. The summed E-state index contributed by atoms with van der Waals surface area (Å²) in [5.41, 5.74) is 6.96. The highest BCUT2D eigenvalue weighted by atomic mass is 16.3. The summed E-state index contributed by atoms with van der Waals surface area (Å²) < 4.78 is 5.50. The molecule has 3 N–H and O–H groups in total. The molecule has 1 aromatic carbocycles. The van der Waals surface area contributed by atoms with Gasteiger partial charge in [0.05, 0.1) is 6.10 Å². The molecule has 0 radical (unpaired) electrons. The average Bonchev–Trinajstić information content (AvgIpc) is 2.93. The highest BCUT2D eigenvalue weighted by Crippen LogP contribution is 2.23. The highest BCUT2D eigenvalue weighted by Gasteiger charge is 2.27. The van der Waals surface area contributed by atoms with E-state index in [4.69, 9.17) is 10.2 Å². The zero-order valence-electron chi connectivity index (χ0n) is 9.80. The Kier molecular flexibility index (Phi) is 2.48. The number of hydrogen-bond donors (Lipinski definition) is 2. The molecule has 5 heteroatoms. The number of aliphatic hydroxyl groups excluding tert-OH is 1. The molecular weight excluding hydrogens is 232 g/mol. The van der Waals surface area contributed by atoms with Crippen molar-refractivity contribution in [3.63, 3.8) is 0 Å². The Morgan fingerprint density at radius 3 is 3.00 bits per heavy atom. The van der Waals surface area contributed by atoms with Crippen molar-refractivity contribution in [2.75, 3.05) is 18.8 Å². The van der Waals surface area contributed by atoms with Crippen LogP contribution in [0.5, 0.6) is 0 Å². The highest BCUT2D eigenvalue weighted by molar-refractivity contribution is 5.96. The van der Waals surface area contributed by atoms with Gasteiger partial charge < -0.3 is 20.2 Å². The molecule has 1 saturated heterocycles. The van der Waals surface area contributed by atoms with E-state index in [0.29, 0.717) is 36.5 Å². The van der Waals surface area contributed by atoms with E-state index in [1.165, 1.54) is 0 Å². The lowest BCUT2D eigenvalue weighted by molar-refractivity contribution is 0.0736. The fraction of sp³-hybridized carbons (Fsp3) is 0.308. The predicted octanol–water partition coefficient (Wildman–Crippen LogP) is 1.22.